The van der Waals surface area contributed by atoms with Crippen LogP contribution in [-0.4, -0.2) is 18.9 Å². The van der Waals surface area contributed by atoms with Crippen molar-refractivity contribution < 1.29 is 13.6 Å². The Bertz CT molecular complexity index is 330. The van der Waals surface area contributed by atoms with Gasteiger partial charge in [0.05, 0.1) is 12.1 Å². The number of hydrogen-bond acceptors (Lipinski definition) is 2. The lowest BCUT2D eigenvalue weighted by molar-refractivity contribution is 0.0889. The molecule has 1 aromatic rings. The van der Waals surface area contributed by atoms with E-state index in [9.17, 15) is 13.6 Å². The number of hydrogen-bond donors (Lipinski definition) is 2. The van der Waals surface area contributed by atoms with E-state index >= 15 is 0 Å². The van der Waals surface area contributed by atoms with Gasteiger partial charge < -0.3 is 5.32 Å². The molecule has 1 N–H and O–H groups in total. The number of halogens is 2. The van der Waals surface area contributed by atoms with E-state index < -0.39 is 18.9 Å². The Morgan fingerprint density at radius 3 is 2.64 bits per heavy atom. The maximum Gasteiger partial charge on any atom is 0.255 e. The fourth-order valence-electron chi connectivity index (χ4n) is 0.931. The van der Waals surface area contributed by atoms with Crippen molar-refractivity contribution in [3.8, 4) is 0 Å². The number of benzene rings is 1. The molecule has 0 saturated heterocycles. The van der Waals surface area contributed by atoms with Crippen molar-refractivity contribution in [2.75, 3.05) is 6.54 Å². The summed E-state index contributed by atoms with van der Waals surface area (Å²) >= 11 is 4.03. The van der Waals surface area contributed by atoms with Gasteiger partial charge in [-0.2, -0.15) is 0 Å². The third-order valence-corrected chi connectivity index (χ3v) is 1.96. The lowest BCUT2D eigenvalue weighted by Crippen LogP contribution is -2.28. The van der Waals surface area contributed by atoms with Crippen LogP contribution in [0.2, 0.25) is 0 Å². The first-order valence-corrected chi connectivity index (χ1v) is 4.40. The van der Waals surface area contributed by atoms with Crippen LogP contribution in [0.1, 0.15) is 10.4 Å². The molecule has 1 amide bonds. The van der Waals surface area contributed by atoms with Crippen LogP contribution in [0.4, 0.5) is 8.78 Å². The van der Waals surface area contributed by atoms with Gasteiger partial charge in [-0.25, -0.2) is 8.78 Å². The molecule has 0 fully saturated rings. The zero-order valence-electron chi connectivity index (χ0n) is 7.21. The number of amides is 1. The fraction of sp³-hybridized carbons (Fsp3) is 0.222. The molecule has 0 radical (unpaired) electrons. The predicted molar refractivity (Wildman–Crippen MR) is 52.0 cm³/mol. The first-order valence-electron chi connectivity index (χ1n) is 3.95. The molecule has 1 aromatic carbocycles. The molecule has 0 aliphatic carbocycles. The number of carbonyl (C=O) groups is 1. The molecule has 14 heavy (non-hydrogen) atoms. The van der Waals surface area contributed by atoms with E-state index in [1.54, 1.807) is 18.2 Å². The zero-order chi connectivity index (χ0) is 10.6. The number of alkyl halides is 2. The number of thiol groups is 1. The van der Waals surface area contributed by atoms with Crippen LogP contribution in [-0.2, 0) is 0 Å². The summed E-state index contributed by atoms with van der Waals surface area (Å²) in [5.74, 6) is -0.532. The summed E-state index contributed by atoms with van der Waals surface area (Å²) in [5.41, 5.74) is 0.302. The molecule has 0 atom stereocenters. The van der Waals surface area contributed by atoms with E-state index in [2.05, 4.69) is 17.9 Å². The van der Waals surface area contributed by atoms with Crippen molar-refractivity contribution in [3.63, 3.8) is 0 Å². The molecule has 0 spiro atoms. The van der Waals surface area contributed by atoms with Gasteiger partial charge in [0, 0.05) is 4.90 Å². The summed E-state index contributed by atoms with van der Waals surface area (Å²) in [6.45, 7) is -0.638. The van der Waals surface area contributed by atoms with Gasteiger partial charge in [-0.3, -0.25) is 4.79 Å². The van der Waals surface area contributed by atoms with Crippen molar-refractivity contribution in [3.05, 3.63) is 29.8 Å². The Morgan fingerprint density at radius 2 is 2.07 bits per heavy atom. The largest absolute Gasteiger partial charge is 0.346 e. The van der Waals surface area contributed by atoms with E-state index in [4.69, 9.17) is 0 Å². The van der Waals surface area contributed by atoms with E-state index in [0.717, 1.165) is 0 Å². The second kappa shape index (κ2) is 4.95. The smallest absolute Gasteiger partial charge is 0.255 e. The minimum absolute atomic E-state index is 0.302. The summed E-state index contributed by atoms with van der Waals surface area (Å²) in [6.07, 6.45) is -2.54. The van der Waals surface area contributed by atoms with E-state index in [0.29, 0.717) is 10.5 Å². The first-order chi connectivity index (χ1) is 6.61. The second-order valence-corrected chi connectivity index (χ2v) is 3.10. The Morgan fingerprint density at radius 1 is 1.43 bits per heavy atom. The van der Waals surface area contributed by atoms with Crippen molar-refractivity contribution in [2.45, 2.75) is 11.3 Å². The summed E-state index contributed by atoms with van der Waals surface area (Å²) in [5, 5.41) is 2.10. The minimum atomic E-state index is -2.54. The molecule has 0 saturated carbocycles. The van der Waals surface area contributed by atoms with Crippen LogP contribution in [0.5, 0.6) is 0 Å². The van der Waals surface area contributed by atoms with Gasteiger partial charge in [0.2, 0.25) is 0 Å². The molecular formula is C9H9F2NOS. The minimum Gasteiger partial charge on any atom is -0.346 e. The Kier molecular flexibility index (Phi) is 3.88. The van der Waals surface area contributed by atoms with Crippen LogP contribution in [0.3, 0.4) is 0 Å². The van der Waals surface area contributed by atoms with Gasteiger partial charge in [-0.1, -0.05) is 12.1 Å². The molecule has 2 nitrogen and oxygen atoms in total. The van der Waals surface area contributed by atoms with Gasteiger partial charge >= 0.3 is 0 Å². The fourth-order valence-corrected chi connectivity index (χ4v) is 1.19. The Hall–Kier alpha value is -1.10. The van der Waals surface area contributed by atoms with Gasteiger partial charge in [-0.15, -0.1) is 12.6 Å². The maximum atomic E-state index is 11.8. The quantitative estimate of drug-likeness (QED) is 0.745. The van der Waals surface area contributed by atoms with Crippen LogP contribution >= 0.6 is 12.6 Å². The lowest BCUT2D eigenvalue weighted by atomic mass is 10.2. The molecule has 0 bridgehead atoms. The lowest BCUT2D eigenvalue weighted by Gasteiger charge is -2.05. The van der Waals surface area contributed by atoms with Gasteiger partial charge in [-0.05, 0) is 12.1 Å². The molecule has 0 aliphatic rings. The van der Waals surface area contributed by atoms with Gasteiger partial charge in [0.25, 0.3) is 12.3 Å². The highest BCUT2D eigenvalue weighted by Crippen LogP contribution is 2.12. The molecule has 5 heteroatoms. The molecule has 0 unspecified atom stereocenters. The summed E-state index contributed by atoms with van der Waals surface area (Å²) in [7, 11) is 0. The average molecular weight is 217 g/mol. The predicted octanol–water partition coefficient (Wildman–Crippen LogP) is 1.97. The maximum absolute atomic E-state index is 11.8. The number of carbonyl (C=O) groups excluding carboxylic acids is 1. The van der Waals surface area contributed by atoms with Crippen molar-refractivity contribution in [1.82, 2.24) is 5.32 Å². The van der Waals surface area contributed by atoms with E-state index in [1.165, 1.54) is 6.07 Å². The zero-order valence-corrected chi connectivity index (χ0v) is 8.10. The standard InChI is InChI=1S/C9H9F2NOS/c10-8(11)5-12-9(13)6-3-1-2-4-7(6)14/h1-4,8,14H,5H2,(H,12,13). The molecule has 0 heterocycles. The van der Waals surface area contributed by atoms with Crippen molar-refractivity contribution in [2.24, 2.45) is 0 Å². The summed E-state index contributed by atoms with van der Waals surface area (Å²) in [4.78, 5) is 11.7. The molecule has 76 valence electrons. The topological polar surface area (TPSA) is 29.1 Å². The first kappa shape index (κ1) is 11.0. The Balaban J connectivity index is 2.65. The average Bonchev–Trinajstić information content (AvgIpc) is 2.15. The normalized spacial score (nSPS) is 10.3. The molecule has 0 aromatic heterocycles. The molecule has 0 aliphatic heterocycles. The highest BCUT2D eigenvalue weighted by molar-refractivity contribution is 7.80. The SMILES string of the molecule is O=C(NCC(F)F)c1ccccc1S. The van der Waals surface area contributed by atoms with Gasteiger partial charge in [0.15, 0.2) is 0 Å². The molecule has 1 rings (SSSR count). The third-order valence-electron chi connectivity index (χ3n) is 1.57. The highest BCUT2D eigenvalue weighted by atomic mass is 32.1. The monoisotopic (exact) mass is 217 g/mol. The van der Waals surface area contributed by atoms with E-state index in [-0.39, 0.29) is 0 Å². The Labute approximate surface area is 85.7 Å². The third kappa shape index (κ3) is 2.99. The number of rotatable bonds is 3. The summed E-state index contributed by atoms with van der Waals surface area (Å²) in [6, 6.07) is 6.52. The van der Waals surface area contributed by atoms with E-state index in [1.807, 2.05) is 0 Å². The molecular weight excluding hydrogens is 208 g/mol. The van der Waals surface area contributed by atoms with Crippen LogP contribution in [0.25, 0.3) is 0 Å². The van der Waals surface area contributed by atoms with Crippen molar-refractivity contribution in [1.29, 1.82) is 0 Å². The summed E-state index contributed by atoms with van der Waals surface area (Å²) < 4.78 is 23.6. The number of nitrogens with one attached hydrogen (secondary N) is 1. The van der Waals surface area contributed by atoms with Crippen LogP contribution < -0.4 is 5.32 Å². The van der Waals surface area contributed by atoms with Crippen LogP contribution in [0.15, 0.2) is 29.2 Å². The highest BCUT2D eigenvalue weighted by Gasteiger charge is 2.10. The second-order valence-electron chi connectivity index (χ2n) is 2.62. The van der Waals surface area contributed by atoms with Crippen molar-refractivity contribution >= 4 is 18.5 Å². The van der Waals surface area contributed by atoms with Gasteiger partial charge in [0.1, 0.15) is 0 Å². The van der Waals surface area contributed by atoms with Crippen LogP contribution in [0, 0.1) is 0 Å².